The van der Waals surface area contributed by atoms with Crippen molar-refractivity contribution in [2.75, 3.05) is 40.5 Å². The van der Waals surface area contributed by atoms with Crippen LogP contribution in [0.5, 0.6) is 5.88 Å². The Balaban J connectivity index is 1.97. The second kappa shape index (κ2) is 11.2. The molecule has 0 aliphatic carbocycles. The zero-order valence-corrected chi connectivity index (χ0v) is 21.3. The first-order chi connectivity index (χ1) is 16.6. The standard InChI is InChI=1S/C23H31N5O6S/c1-16-11-28(17(2)14-29)23(30)19-9-18(7-6-8-33-5)10-24-22(19)34-20(16)12-27(4)35(31,32)21-13-26(3)15-25-21/h9-10,13,15-17,20,29H,8,11-12,14H2,1-5H3/t16-,17-,20+/m0/s1. The number of amides is 1. The first-order valence-electron chi connectivity index (χ1n) is 11.1. The van der Waals surface area contributed by atoms with Crippen molar-refractivity contribution in [1.82, 2.24) is 23.7 Å². The van der Waals surface area contributed by atoms with Crippen LogP contribution in [-0.4, -0.2) is 95.8 Å². The number of nitrogens with zero attached hydrogens (tertiary/aromatic N) is 5. The zero-order valence-electron chi connectivity index (χ0n) is 20.5. The van der Waals surface area contributed by atoms with E-state index in [4.69, 9.17) is 9.47 Å². The van der Waals surface area contributed by atoms with Crippen molar-refractivity contribution in [3.8, 4) is 17.7 Å². The molecule has 3 atom stereocenters. The average molecular weight is 506 g/mol. The van der Waals surface area contributed by atoms with Crippen molar-refractivity contribution in [2.45, 2.75) is 31.0 Å². The molecule has 0 bridgehead atoms. The van der Waals surface area contributed by atoms with E-state index in [0.717, 1.165) is 0 Å². The number of ether oxygens (including phenoxy) is 2. The molecule has 1 aliphatic rings. The van der Waals surface area contributed by atoms with Crippen LogP contribution in [0, 0.1) is 17.8 Å². The lowest BCUT2D eigenvalue weighted by Crippen LogP contribution is -2.50. The zero-order chi connectivity index (χ0) is 25.8. The summed E-state index contributed by atoms with van der Waals surface area (Å²) >= 11 is 0. The van der Waals surface area contributed by atoms with Gasteiger partial charge in [0.1, 0.15) is 18.3 Å². The smallest absolute Gasteiger partial charge is 0.261 e. The number of aliphatic hydroxyl groups excluding tert-OH is 1. The quantitative estimate of drug-likeness (QED) is 0.534. The predicted molar refractivity (Wildman–Crippen MR) is 127 cm³/mol. The maximum Gasteiger partial charge on any atom is 0.261 e. The second-order valence-electron chi connectivity index (χ2n) is 8.60. The molecule has 3 heterocycles. The lowest BCUT2D eigenvalue weighted by molar-refractivity contribution is 0.0373. The van der Waals surface area contributed by atoms with Gasteiger partial charge in [0, 0.05) is 51.6 Å². The molecular formula is C23H31N5O6S. The molecule has 0 spiro atoms. The number of rotatable bonds is 7. The molecule has 12 heteroatoms. The molecule has 2 aromatic rings. The van der Waals surface area contributed by atoms with Crippen molar-refractivity contribution in [1.29, 1.82) is 0 Å². The Morgan fingerprint density at radius 2 is 2.14 bits per heavy atom. The third-order valence-corrected chi connectivity index (χ3v) is 7.47. The van der Waals surface area contributed by atoms with E-state index in [9.17, 15) is 18.3 Å². The minimum Gasteiger partial charge on any atom is -0.472 e. The van der Waals surface area contributed by atoms with Crippen LogP contribution in [0.2, 0.25) is 0 Å². The van der Waals surface area contributed by atoms with E-state index in [1.165, 1.54) is 37.2 Å². The van der Waals surface area contributed by atoms with Gasteiger partial charge in [0.2, 0.25) is 5.88 Å². The Kier molecular flexibility index (Phi) is 8.50. The maximum atomic E-state index is 13.4. The normalized spacial score (nSPS) is 19.3. The van der Waals surface area contributed by atoms with Crippen molar-refractivity contribution < 1.29 is 27.8 Å². The number of sulfonamides is 1. The summed E-state index contributed by atoms with van der Waals surface area (Å²) in [6, 6.07) is 1.13. The maximum absolute atomic E-state index is 13.4. The molecule has 1 amide bonds. The highest BCUT2D eigenvalue weighted by Gasteiger charge is 2.36. The highest BCUT2D eigenvalue weighted by molar-refractivity contribution is 7.89. The largest absolute Gasteiger partial charge is 0.472 e. The summed E-state index contributed by atoms with van der Waals surface area (Å²) in [5, 5.41) is 9.71. The number of aromatic nitrogens is 3. The third kappa shape index (κ3) is 5.99. The number of carbonyl (C=O) groups is 1. The first-order valence-corrected chi connectivity index (χ1v) is 12.5. The molecule has 0 aromatic carbocycles. The number of likely N-dealkylation sites (N-methyl/N-ethyl adjacent to an activating group) is 1. The minimum atomic E-state index is -3.85. The van der Waals surface area contributed by atoms with Gasteiger partial charge in [0.15, 0.2) is 5.03 Å². The molecule has 2 aromatic heterocycles. The number of aryl methyl sites for hydroxylation is 1. The number of pyridine rings is 1. The van der Waals surface area contributed by atoms with Crippen molar-refractivity contribution in [3.63, 3.8) is 0 Å². The number of aliphatic hydroxyl groups is 1. The number of carbonyl (C=O) groups excluding carboxylic acids is 1. The van der Waals surface area contributed by atoms with Crippen LogP contribution < -0.4 is 4.74 Å². The van der Waals surface area contributed by atoms with Gasteiger partial charge in [-0.15, -0.1) is 0 Å². The van der Waals surface area contributed by atoms with Crippen LogP contribution in [0.4, 0.5) is 0 Å². The molecule has 0 saturated carbocycles. The average Bonchev–Trinajstić information content (AvgIpc) is 3.28. The van der Waals surface area contributed by atoms with Gasteiger partial charge in [-0.1, -0.05) is 18.8 Å². The molecule has 190 valence electrons. The number of imidazole rings is 1. The van der Waals surface area contributed by atoms with E-state index in [1.807, 2.05) is 6.92 Å². The van der Waals surface area contributed by atoms with Crippen molar-refractivity contribution in [3.05, 3.63) is 35.9 Å². The fourth-order valence-corrected chi connectivity index (χ4v) is 4.77. The Labute approximate surface area is 205 Å². The number of methoxy groups -OCH3 is 1. The lowest BCUT2D eigenvalue weighted by Gasteiger charge is -2.37. The van der Waals surface area contributed by atoms with Gasteiger partial charge >= 0.3 is 0 Å². The molecule has 11 nitrogen and oxygen atoms in total. The van der Waals surface area contributed by atoms with Gasteiger partial charge in [-0.05, 0) is 13.0 Å². The number of fused-ring (bicyclic) bond motifs is 1. The fourth-order valence-electron chi connectivity index (χ4n) is 3.63. The molecule has 1 aliphatic heterocycles. The fraction of sp³-hybridized carbons (Fsp3) is 0.522. The van der Waals surface area contributed by atoms with E-state index < -0.39 is 22.2 Å². The summed E-state index contributed by atoms with van der Waals surface area (Å²) in [5.74, 6) is 5.19. The number of hydrogen-bond donors (Lipinski definition) is 1. The van der Waals surface area contributed by atoms with Gasteiger partial charge in [0.25, 0.3) is 15.9 Å². The van der Waals surface area contributed by atoms with Crippen molar-refractivity contribution in [2.24, 2.45) is 13.0 Å². The van der Waals surface area contributed by atoms with Crippen LogP contribution in [0.1, 0.15) is 29.8 Å². The summed E-state index contributed by atoms with van der Waals surface area (Å²) in [4.78, 5) is 23.2. The Hall–Kier alpha value is -2.98. The molecule has 0 fully saturated rings. The Bertz CT molecular complexity index is 1220. The molecule has 0 radical (unpaired) electrons. The summed E-state index contributed by atoms with van der Waals surface area (Å²) in [6.45, 7) is 3.87. The van der Waals surface area contributed by atoms with Gasteiger partial charge in [-0.3, -0.25) is 4.79 Å². The topological polar surface area (TPSA) is 127 Å². The highest BCUT2D eigenvalue weighted by atomic mass is 32.2. The molecule has 0 unspecified atom stereocenters. The van der Waals surface area contributed by atoms with Gasteiger partial charge in [-0.25, -0.2) is 18.4 Å². The van der Waals surface area contributed by atoms with E-state index >= 15 is 0 Å². The Morgan fingerprint density at radius 3 is 2.77 bits per heavy atom. The third-order valence-electron chi connectivity index (χ3n) is 5.76. The van der Waals surface area contributed by atoms with E-state index in [0.29, 0.717) is 5.56 Å². The summed E-state index contributed by atoms with van der Waals surface area (Å²) in [5.41, 5.74) is 0.705. The van der Waals surface area contributed by atoms with Crippen LogP contribution in [0.15, 0.2) is 29.8 Å². The highest BCUT2D eigenvalue weighted by Crippen LogP contribution is 2.28. The van der Waals surface area contributed by atoms with Gasteiger partial charge < -0.3 is 24.0 Å². The van der Waals surface area contributed by atoms with E-state index in [2.05, 4.69) is 21.8 Å². The monoisotopic (exact) mass is 505 g/mol. The first kappa shape index (κ1) is 26.6. The van der Waals surface area contributed by atoms with E-state index in [1.54, 1.807) is 29.5 Å². The SMILES string of the molecule is COCC#Cc1cnc2c(c1)C(=O)N([C@@H](C)CO)C[C@H](C)[C@@H](CN(C)S(=O)(=O)c1cn(C)cn1)O2. The second-order valence-corrected chi connectivity index (χ2v) is 10.6. The minimum absolute atomic E-state index is 0.00608. The molecule has 35 heavy (non-hydrogen) atoms. The molecule has 0 saturated heterocycles. The van der Waals surface area contributed by atoms with Crippen molar-refractivity contribution >= 4 is 15.9 Å². The molecule has 3 rings (SSSR count). The lowest BCUT2D eigenvalue weighted by atomic mass is 10.0. The van der Waals surface area contributed by atoms with Crippen LogP contribution in [-0.2, 0) is 21.8 Å². The van der Waals surface area contributed by atoms with Gasteiger partial charge in [0.05, 0.1) is 25.5 Å². The van der Waals surface area contributed by atoms with Crippen LogP contribution in [0.25, 0.3) is 0 Å². The number of hydrogen-bond acceptors (Lipinski definition) is 8. The molecule has 1 N–H and O–H groups in total. The van der Waals surface area contributed by atoms with Gasteiger partial charge in [-0.2, -0.15) is 4.31 Å². The predicted octanol–water partition coefficient (Wildman–Crippen LogP) is 0.354. The summed E-state index contributed by atoms with van der Waals surface area (Å²) in [7, 11) is 0.829. The summed E-state index contributed by atoms with van der Waals surface area (Å²) in [6.07, 6.45) is 3.71. The summed E-state index contributed by atoms with van der Waals surface area (Å²) < 4.78 is 39.9. The Morgan fingerprint density at radius 1 is 1.40 bits per heavy atom. The molecular weight excluding hydrogens is 474 g/mol. The van der Waals surface area contributed by atoms with Crippen LogP contribution in [0.3, 0.4) is 0 Å². The van der Waals surface area contributed by atoms with E-state index in [-0.39, 0.29) is 54.6 Å². The van der Waals surface area contributed by atoms with Crippen LogP contribution >= 0.6 is 0 Å².